The van der Waals surface area contributed by atoms with Crippen LogP contribution in [0, 0.1) is 0 Å². The topological polar surface area (TPSA) is 87.5 Å². The average Bonchev–Trinajstić information content (AvgIpc) is 3.36. The number of phenolic OH excluding ortho intramolecular Hbond substituents is 1. The molecule has 0 saturated heterocycles. The molecule has 1 aromatic carbocycles. The highest BCUT2D eigenvalue weighted by Crippen LogP contribution is 2.27. The zero-order valence-electron chi connectivity index (χ0n) is 15.3. The number of carbonyl (C=O) groups excluding carboxylic acids is 2. The van der Waals surface area contributed by atoms with E-state index in [1.54, 1.807) is 34.6 Å². The van der Waals surface area contributed by atoms with Gasteiger partial charge in [-0.25, -0.2) is 4.98 Å². The van der Waals surface area contributed by atoms with Gasteiger partial charge in [0.2, 0.25) is 0 Å². The van der Waals surface area contributed by atoms with Gasteiger partial charge in [0.15, 0.2) is 0 Å². The molecule has 1 unspecified atom stereocenters. The number of aromatic hydroxyl groups is 1. The van der Waals surface area contributed by atoms with Crippen LogP contribution in [0.3, 0.4) is 0 Å². The molecule has 1 aliphatic heterocycles. The van der Waals surface area contributed by atoms with Gasteiger partial charge in [0.05, 0.1) is 12.6 Å². The van der Waals surface area contributed by atoms with E-state index in [1.165, 1.54) is 12.1 Å². The number of phenols is 1. The van der Waals surface area contributed by atoms with Crippen LogP contribution in [0.1, 0.15) is 44.5 Å². The molecule has 0 spiro atoms. The number of hydrogen-bond donors (Lipinski definition) is 2. The van der Waals surface area contributed by atoms with Gasteiger partial charge in [0, 0.05) is 29.7 Å². The Morgan fingerprint density at radius 1 is 1.29 bits per heavy atom. The third kappa shape index (κ3) is 3.50. The highest BCUT2D eigenvalue weighted by molar-refractivity contribution is 7.09. The first-order valence-corrected chi connectivity index (χ1v) is 9.88. The molecular formula is C20H20N4O3S. The van der Waals surface area contributed by atoms with Crippen LogP contribution in [0.15, 0.2) is 48.0 Å². The molecule has 8 heteroatoms. The minimum absolute atomic E-state index is 0.0571. The summed E-state index contributed by atoms with van der Waals surface area (Å²) in [4.78, 5) is 32.6. The number of imidazole rings is 1. The van der Waals surface area contributed by atoms with Gasteiger partial charge in [-0.1, -0.05) is 12.1 Å². The second kappa shape index (κ2) is 7.47. The molecule has 3 aromatic rings. The zero-order chi connectivity index (χ0) is 19.7. The number of benzene rings is 1. The van der Waals surface area contributed by atoms with E-state index in [0.717, 1.165) is 4.88 Å². The van der Waals surface area contributed by atoms with Gasteiger partial charge >= 0.3 is 0 Å². The van der Waals surface area contributed by atoms with Crippen molar-refractivity contribution in [2.45, 2.75) is 26.1 Å². The maximum Gasteiger partial charge on any atom is 0.271 e. The van der Waals surface area contributed by atoms with Gasteiger partial charge < -0.3 is 19.9 Å². The van der Waals surface area contributed by atoms with E-state index < -0.39 is 0 Å². The number of nitrogens with one attached hydrogen (secondary N) is 1. The van der Waals surface area contributed by atoms with E-state index in [9.17, 15) is 14.7 Å². The lowest BCUT2D eigenvalue weighted by atomic mass is 10.1. The van der Waals surface area contributed by atoms with Gasteiger partial charge in [0.25, 0.3) is 11.8 Å². The minimum Gasteiger partial charge on any atom is -0.508 e. The fourth-order valence-corrected chi connectivity index (χ4v) is 4.00. The Balaban J connectivity index is 1.49. The highest BCUT2D eigenvalue weighted by Gasteiger charge is 2.31. The Bertz CT molecular complexity index is 1010. The number of amides is 2. The fourth-order valence-electron chi connectivity index (χ4n) is 3.35. The normalized spacial score (nSPS) is 15.9. The fraction of sp³-hybridized carbons (Fsp3) is 0.250. The molecular weight excluding hydrogens is 376 g/mol. The van der Waals surface area contributed by atoms with Crippen molar-refractivity contribution in [1.29, 1.82) is 0 Å². The maximum absolute atomic E-state index is 12.8. The first-order chi connectivity index (χ1) is 13.5. The molecule has 2 aromatic heterocycles. The lowest BCUT2D eigenvalue weighted by Crippen LogP contribution is -2.41. The number of thiophene rings is 1. The second-order valence-electron chi connectivity index (χ2n) is 6.66. The molecule has 1 atom stereocenters. The van der Waals surface area contributed by atoms with E-state index in [1.807, 2.05) is 29.0 Å². The maximum atomic E-state index is 12.8. The predicted molar refractivity (Wildman–Crippen MR) is 105 cm³/mol. The molecule has 144 valence electrons. The van der Waals surface area contributed by atoms with E-state index in [0.29, 0.717) is 36.7 Å². The van der Waals surface area contributed by atoms with Crippen molar-refractivity contribution in [3.8, 4) is 5.75 Å². The van der Waals surface area contributed by atoms with Crippen LogP contribution < -0.4 is 5.32 Å². The van der Waals surface area contributed by atoms with Crippen LogP contribution in [0.2, 0.25) is 0 Å². The van der Waals surface area contributed by atoms with Gasteiger partial charge in [0.1, 0.15) is 17.3 Å². The monoisotopic (exact) mass is 396 g/mol. The molecule has 7 nitrogen and oxygen atoms in total. The molecule has 0 radical (unpaired) electrons. The standard InChI is InChI=1S/C20H20N4O3S/c1-13-18-22-17(19(26)21-11-16-6-3-9-28-16)12-23(18)7-8-24(13)20(27)14-4-2-5-15(25)10-14/h2-6,9-10,12-13,25H,7-8,11H2,1H3,(H,21,26). The molecule has 1 aliphatic rings. The molecule has 0 saturated carbocycles. The second-order valence-corrected chi connectivity index (χ2v) is 7.70. The van der Waals surface area contributed by atoms with E-state index in [2.05, 4.69) is 10.3 Å². The van der Waals surface area contributed by atoms with Crippen molar-refractivity contribution >= 4 is 23.2 Å². The molecule has 0 bridgehead atoms. The number of hydrogen-bond acceptors (Lipinski definition) is 5. The molecule has 3 heterocycles. The minimum atomic E-state index is -0.276. The number of rotatable bonds is 4. The first-order valence-electron chi connectivity index (χ1n) is 9.00. The summed E-state index contributed by atoms with van der Waals surface area (Å²) in [6, 6.07) is 9.96. The summed E-state index contributed by atoms with van der Waals surface area (Å²) in [6.07, 6.45) is 1.74. The lowest BCUT2D eigenvalue weighted by molar-refractivity contribution is 0.0637. The summed E-state index contributed by atoms with van der Waals surface area (Å²) < 4.78 is 1.93. The Kier molecular flexibility index (Phi) is 4.87. The number of aromatic nitrogens is 2. The van der Waals surface area contributed by atoms with Crippen LogP contribution in [-0.2, 0) is 13.1 Å². The summed E-state index contributed by atoms with van der Waals surface area (Å²) in [6.45, 7) is 3.44. The lowest BCUT2D eigenvalue weighted by Gasteiger charge is -2.33. The average molecular weight is 396 g/mol. The molecule has 4 rings (SSSR count). The van der Waals surface area contributed by atoms with Crippen molar-refractivity contribution in [2.24, 2.45) is 0 Å². The third-order valence-corrected chi connectivity index (χ3v) is 5.70. The van der Waals surface area contributed by atoms with Crippen molar-refractivity contribution in [2.75, 3.05) is 6.54 Å². The summed E-state index contributed by atoms with van der Waals surface area (Å²) in [5.41, 5.74) is 0.783. The van der Waals surface area contributed by atoms with Crippen LogP contribution in [-0.4, -0.2) is 37.9 Å². The Morgan fingerprint density at radius 3 is 2.89 bits per heavy atom. The van der Waals surface area contributed by atoms with Crippen LogP contribution in [0.4, 0.5) is 0 Å². The number of fused-ring (bicyclic) bond motifs is 1. The summed E-state index contributed by atoms with van der Waals surface area (Å²) in [5, 5.41) is 14.5. The smallest absolute Gasteiger partial charge is 0.271 e. The van der Waals surface area contributed by atoms with E-state index in [4.69, 9.17) is 0 Å². The van der Waals surface area contributed by atoms with Gasteiger partial charge in [-0.2, -0.15) is 0 Å². The van der Waals surface area contributed by atoms with E-state index in [-0.39, 0.29) is 23.6 Å². The van der Waals surface area contributed by atoms with Crippen molar-refractivity contribution in [3.05, 3.63) is 69.9 Å². The van der Waals surface area contributed by atoms with Crippen LogP contribution >= 0.6 is 11.3 Å². The molecule has 0 aliphatic carbocycles. The highest BCUT2D eigenvalue weighted by atomic mass is 32.1. The van der Waals surface area contributed by atoms with E-state index >= 15 is 0 Å². The van der Waals surface area contributed by atoms with Gasteiger partial charge in [-0.15, -0.1) is 11.3 Å². The van der Waals surface area contributed by atoms with Crippen LogP contribution in [0.25, 0.3) is 0 Å². The Hall–Kier alpha value is -3.13. The molecule has 2 amide bonds. The van der Waals surface area contributed by atoms with Crippen molar-refractivity contribution < 1.29 is 14.7 Å². The number of carbonyl (C=O) groups is 2. The van der Waals surface area contributed by atoms with Crippen molar-refractivity contribution in [3.63, 3.8) is 0 Å². The summed E-state index contributed by atoms with van der Waals surface area (Å²) in [7, 11) is 0. The quantitative estimate of drug-likeness (QED) is 0.710. The zero-order valence-corrected chi connectivity index (χ0v) is 16.1. The predicted octanol–water partition coefficient (Wildman–Crippen LogP) is 2.80. The molecule has 0 fully saturated rings. The Labute approximate surface area is 166 Å². The summed E-state index contributed by atoms with van der Waals surface area (Å²) in [5.74, 6) is 0.345. The molecule has 2 N–H and O–H groups in total. The number of nitrogens with zero attached hydrogens (tertiary/aromatic N) is 3. The third-order valence-electron chi connectivity index (χ3n) is 4.82. The molecule has 28 heavy (non-hydrogen) atoms. The largest absolute Gasteiger partial charge is 0.508 e. The van der Waals surface area contributed by atoms with Gasteiger partial charge in [-0.3, -0.25) is 9.59 Å². The summed E-state index contributed by atoms with van der Waals surface area (Å²) >= 11 is 1.59. The van der Waals surface area contributed by atoms with Crippen LogP contribution in [0.5, 0.6) is 5.75 Å². The van der Waals surface area contributed by atoms with Gasteiger partial charge in [-0.05, 0) is 36.6 Å². The first kappa shape index (κ1) is 18.2. The SMILES string of the molecule is CC1c2nc(C(=O)NCc3cccs3)cn2CCN1C(=O)c1cccc(O)c1. The van der Waals surface area contributed by atoms with Crippen molar-refractivity contribution in [1.82, 2.24) is 19.8 Å². The Morgan fingerprint density at radius 2 is 2.14 bits per heavy atom.